The van der Waals surface area contributed by atoms with Crippen molar-refractivity contribution in [1.29, 1.82) is 0 Å². The number of carbonyl (C=O) groups excluding carboxylic acids is 1. The van der Waals surface area contributed by atoms with Gasteiger partial charge in [0, 0.05) is 25.2 Å². The second-order valence-electron chi connectivity index (χ2n) is 6.54. The van der Waals surface area contributed by atoms with E-state index < -0.39 is 0 Å². The van der Waals surface area contributed by atoms with Crippen molar-refractivity contribution in [2.45, 2.75) is 32.2 Å². The lowest BCUT2D eigenvalue weighted by Gasteiger charge is -2.31. The van der Waals surface area contributed by atoms with Gasteiger partial charge in [0.25, 0.3) is 0 Å². The van der Waals surface area contributed by atoms with Crippen molar-refractivity contribution < 1.29 is 18.7 Å². The number of ether oxygens (including phenoxy) is 2. The number of methoxy groups -OCH3 is 2. The maximum absolute atomic E-state index is 12.9. The summed E-state index contributed by atoms with van der Waals surface area (Å²) >= 11 is 7.24. The zero-order valence-electron chi connectivity index (χ0n) is 15.7. The molecular formula is C20H21Br2FN2O3. The molecule has 3 rings (SSSR count). The maximum Gasteiger partial charge on any atom is 0.222 e. The molecule has 0 unspecified atom stereocenters. The molecule has 0 bridgehead atoms. The van der Waals surface area contributed by atoms with Crippen LogP contribution in [0.15, 0.2) is 27.3 Å². The molecule has 0 saturated heterocycles. The van der Waals surface area contributed by atoms with Crippen molar-refractivity contribution in [1.82, 2.24) is 9.88 Å². The number of halogens is 3. The smallest absolute Gasteiger partial charge is 0.222 e. The van der Waals surface area contributed by atoms with Crippen LogP contribution in [-0.4, -0.2) is 36.6 Å². The second kappa shape index (κ2) is 9.22. The normalized spacial score (nSPS) is 13.2. The van der Waals surface area contributed by atoms with Crippen LogP contribution < -0.4 is 9.47 Å². The summed E-state index contributed by atoms with van der Waals surface area (Å²) in [4.78, 5) is 18.6. The van der Waals surface area contributed by atoms with Gasteiger partial charge in [0.15, 0.2) is 11.5 Å². The summed E-state index contributed by atoms with van der Waals surface area (Å²) in [6.45, 7) is 1.17. The van der Waals surface area contributed by atoms with Crippen molar-refractivity contribution in [2.75, 3.05) is 20.8 Å². The molecule has 0 aliphatic carbocycles. The Kier molecular flexibility index (Phi) is 6.93. The van der Waals surface area contributed by atoms with Gasteiger partial charge in [-0.05, 0) is 74.4 Å². The van der Waals surface area contributed by atoms with Gasteiger partial charge >= 0.3 is 0 Å². The van der Waals surface area contributed by atoms with Gasteiger partial charge in [0.05, 0.1) is 29.4 Å². The molecule has 1 aromatic carbocycles. The first-order valence-electron chi connectivity index (χ1n) is 8.95. The first-order valence-corrected chi connectivity index (χ1v) is 10.5. The third-order valence-corrected chi connectivity index (χ3v) is 6.53. The fourth-order valence-electron chi connectivity index (χ4n) is 3.39. The monoisotopic (exact) mass is 514 g/mol. The summed E-state index contributed by atoms with van der Waals surface area (Å²) in [6.07, 6.45) is 3.70. The highest BCUT2D eigenvalue weighted by atomic mass is 79.9. The van der Waals surface area contributed by atoms with E-state index in [4.69, 9.17) is 9.47 Å². The number of amides is 1. The third kappa shape index (κ3) is 4.33. The summed E-state index contributed by atoms with van der Waals surface area (Å²) in [5.41, 5.74) is 2.95. The predicted molar refractivity (Wildman–Crippen MR) is 111 cm³/mol. The summed E-state index contributed by atoms with van der Waals surface area (Å²) in [5.74, 6) is 1.02. The maximum atomic E-state index is 12.9. The topological polar surface area (TPSA) is 51.7 Å². The SMILES string of the molecule is COc1c(Br)c2c(c(Br)c1OC)CN(C(=O)CCCc1ccc(F)cn1)CC2. The number of benzene rings is 1. The minimum absolute atomic E-state index is 0.102. The van der Waals surface area contributed by atoms with Crippen molar-refractivity contribution in [2.24, 2.45) is 0 Å². The number of nitrogens with zero attached hydrogens (tertiary/aromatic N) is 2. The number of hydrogen-bond donors (Lipinski definition) is 0. The Morgan fingerprint density at radius 2 is 1.86 bits per heavy atom. The molecule has 1 amide bonds. The van der Waals surface area contributed by atoms with Crippen molar-refractivity contribution in [3.8, 4) is 11.5 Å². The number of aryl methyl sites for hydroxylation is 1. The van der Waals surface area contributed by atoms with Crippen LogP contribution in [0.2, 0.25) is 0 Å². The quantitative estimate of drug-likeness (QED) is 0.561. The van der Waals surface area contributed by atoms with Gasteiger partial charge in [0.2, 0.25) is 5.91 Å². The first kappa shape index (κ1) is 21.0. The number of fused-ring (bicyclic) bond motifs is 1. The highest BCUT2D eigenvalue weighted by Crippen LogP contribution is 2.47. The summed E-state index contributed by atoms with van der Waals surface area (Å²) in [5, 5.41) is 0. The van der Waals surface area contributed by atoms with Crippen molar-refractivity contribution >= 4 is 37.8 Å². The summed E-state index contributed by atoms with van der Waals surface area (Å²) in [7, 11) is 3.20. The molecule has 0 N–H and O–H groups in total. The number of carbonyl (C=O) groups is 1. The minimum Gasteiger partial charge on any atom is -0.492 e. The van der Waals surface area contributed by atoms with E-state index in [2.05, 4.69) is 36.8 Å². The van der Waals surface area contributed by atoms with Crippen LogP contribution >= 0.6 is 31.9 Å². The van der Waals surface area contributed by atoms with Crippen LogP contribution in [0.5, 0.6) is 11.5 Å². The van der Waals surface area contributed by atoms with Crippen LogP contribution in [0.4, 0.5) is 4.39 Å². The molecule has 2 aromatic rings. The Bertz CT molecular complexity index is 875. The molecular weight excluding hydrogens is 495 g/mol. The molecule has 2 heterocycles. The lowest BCUT2D eigenvalue weighted by Crippen LogP contribution is -2.36. The van der Waals surface area contributed by atoms with Crippen LogP contribution in [0, 0.1) is 5.82 Å². The van der Waals surface area contributed by atoms with E-state index in [1.165, 1.54) is 12.3 Å². The Labute approximate surface area is 180 Å². The summed E-state index contributed by atoms with van der Waals surface area (Å²) in [6, 6.07) is 3.05. The summed E-state index contributed by atoms with van der Waals surface area (Å²) < 4.78 is 25.6. The average molecular weight is 516 g/mol. The number of rotatable bonds is 6. The fraction of sp³-hybridized carbons (Fsp3) is 0.400. The zero-order valence-corrected chi connectivity index (χ0v) is 18.9. The van der Waals surface area contributed by atoms with E-state index in [-0.39, 0.29) is 11.7 Å². The fourth-order valence-corrected chi connectivity index (χ4v) is 4.88. The number of aromatic nitrogens is 1. The Morgan fingerprint density at radius 1 is 1.18 bits per heavy atom. The Morgan fingerprint density at radius 3 is 2.46 bits per heavy atom. The van der Waals surface area contributed by atoms with Gasteiger partial charge in [-0.25, -0.2) is 4.39 Å². The molecule has 0 saturated carbocycles. The van der Waals surface area contributed by atoms with E-state index in [0.29, 0.717) is 43.9 Å². The van der Waals surface area contributed by atoms with Gasteiger partial charge < -0.3 is 14.4 Å². The highest BCUT2D eigenvalue weighted by molar-refractivity contribution is 9.11. The Hall–Kier alpha value is -1.67. The van der Waals surface area contributed by atoms with E-state index in [1.807, 2.05) is 4.90 Å². The van der Waals surface area contributed by atoms with Gasteiger partial charge in [-0.3, -0.25) is 9.78 Å². The molecule has 28 heavy (non-hydrogen) atoms. The molecule has 1 aromatic heterocycles. The second-order valence-corrected chi connectivity index (χ2v) is 8.12. The average Bonchev–Trinajstić information content (AvgIpc) is 2.71. The van der Waals surface area contributed by atoms with Gasteiger partial charge in [-0.1, -0.05) is 0 Å². The van der Waals surface area contributed by atoms with Crippen LogP contribution in [-0.2, 0) is 24.2 Å². The lowest BCUT2D eigenvalue weighted by molar-refractivity contribution is -0.132. The molecule has 150 valence electrons. The van der Waals surface area contributed by atoms with Crippen LogP contribution in [0.25, 0.3) is 0 Å². The van der Waals surface area contributed by atoms with Gasteiger partial charge in [0.1, 0.15) is 5.82 Å². The largest absolute Gasteiger partial charge is 0.492 e. The van der Waals surface area contributed by atoms with E-state index in [9.17, 15) is 9.18 Å². The zero-order chi connectivity index (χ0) is 20.3. The van der Waals surface area contributed by atoms with E-state index in [1.54, 1.807) is 20.3 Å². The van der Waals surface area contributed by atoms with E-state index in [0.717, 1.165) is 32.2 Å². The highest BCUT2D eigenvalue weighted by Gasteiger charge is 2.29. The molecule has 0 radical (unpaired) electrons. The molecule has 0 spiro atoms. The molecule has 5 nitrogen and oxygen atoms in total. The van der Waals surface area contributed by atoms with E-state index >= 15 is 0 Å². The molecule has 0 fully saturated rings. The van der Waals surface area contributed by atoms with Crippen LogP contribution in [0.1, 0.15) is 29.7 Å². The predicted octanol–water partition coefficient (Wildman–Crippen LogP) is 4.67. The Balaban J connectivity index is 1.68. The molecule has 1 aliphatic heterocycles. The number of pyridine rings is 1. The lowest BCUT2D eigenvalue weighted by atomic mass is 9.98. The number of hydrogen-bond acceptors (Lipinski definition) is 4. The van der Waals surface area contributed by atoms with Crippen molar-refractivity contribution in [3.05, 3.63) is 49.9 Å². The molecule has 0 atom stereocenters. The minimum atomic E-state index is -0.351. The van der Waals surface area contributed by atoms with Crippen LogP contribution in [0.3, 0.4) is 0 Å². The first-order chi connectivity index (χ1) is 13.5. The molecule has 8 heteroatoms. The van der Waals surface area contributed by atoms with Crippen molar-refractivity contribution in [3.63, 3.8) is 0 Å². The third-order valence-electron chi connectivity index (χ3n) is 4.85. The van der Waals surface area contributed by atoms with Gasteiger partial charge in [-0.2, -0.15) is 0 Å². The standard InChI is InChI=1S/C20H21Br2FN2O3/c1-27-19-17(21)14-8-9-25(11-15(14)18(22)20(19)28-2)16(26)5-3-4-13-7-6-12(23)10-24-13/h6-7,10H,3-5,8-9,11H2,1-2H3. The van der Waals surface area contributed by atoms with Gasteiger partial charge in [-0.15, -0.1) is 0 Å². The molecule has 1 aliphatic rings.